The summed E-state index contributed by atoms with van der Waals surface area (Å²) in [6, 6.07) is 2.84. The topological polar surface area (TPSA) is 76.3 Å². The van der Waals surface area contributed by atoms with Crippen LogP contribution in [-0.2, 0) is 10.0 Å². The minimum Gasteiger partial charge on any atom is -0.384 e. The molecule has 5 nitrogen and oxygen atoms in total. The Balaban J connectivity index is 2.80. The van der Waals surface area contributed by atoms with Crippen molar-refractivity contribution in [2.45, 2.75) is 31.1 Å². The molecule has 0 fully saturated rings. The van der Waals surface area contributed by atoms with E-state index in [1.165, 1.54) is 22.6 Å². The lowest BCUT2D eigenvalue weighted by atomic mass is 10.2. The summed E-state index contributed by atoms with van der Waals surface area (Å²) >= 11 is 0. The summed E-state index contributed by atoms with van der Waals surface area (Å²) < 4.78 is 25.6. The standard InChI is InChI=1S/C11H19N3O2S/c1-3-4-5-8-14(2)17(15,16)10-6-7-13-11(12)9-10/h6-7,9H,3-5,8H2,1-2H3,(H2,12,13). The lowest BCUT2D eigenvalue weighted by Crippen LogP contribution is -2.28. The van der Waals surface area contributed by atoms with E-state index in [-0.39, 0.29) is 10.7 Å². The average molecular weight is 257 g/mol. The van der Waals surface area contributed by atoms with E-state index in [1.807, 2.05) is 0 Å². The summed E-state index contributed by atoms with van der Waals surface area (Å²) in [6.07, 6.45) is 4.36. The molecule has 0 spiro atoms. The van der Waals surface area contributed by atoms with Crippen LogP contribution in [0.3, 0.4) is 0 Å². The van der Waals surface area contributed by atoms with Crippen LogP contribution < -0.4 is 5.73 Å². The molecule has 0 saturated carbocycles. The Morgan fingerprint density at radius 3 is 2.71 bits per heavy atom. The molecule has 1 heterocycles. The van der Waals surface area contributed by atoms with Gasteiger partial charge in [0.05, 0.1) is 4.90 Å². The molecule has 0 unspecified atom stereocenters. The van der Waals surface area contributed by atoms with Crippen molar-refractivity contribution in [3.8, 4) is 0 Å². The van der Waals surface area contributed by atoms with E-state index >= 15 is 0 Å². The van der Waals surface area contributed by atoms with Gasteiger partial charge in [-0.1, -0.05) is 19.8 Å². The second kappa shape index (κ2) is 5.97. The first-order valence-corrected chi connectivity index (χ1v) is 7.10. The highest BCUT2D eigenvalue weighted by Gasteiger charge is 2.20. The monoisotopic (exact) mass is 257 g/mol. The fraction of sp³-hybridized carbons (Fsp3) is 0.545. The van der Waals surface area contributed by atoms with Crippen molar-refractivity contribution in [3.05, 3.63) is 18.3 Å². The van der Waals surface area contributed by atoms with Gasteiger partial charge in [0.2, 0.25) is 10.0 Å². The predicted octanol–water partition coefficient (Wildman–Crippen LogP) is 1.47. The molecule has 1 aromatic rings. The van der Waals surface area contributed by atoms with Crippen LogP contribution >= 0.6 is 0 Å². The number of pyridine rings is 1. The van der Waals surface area contributed by atoms with E-state index in [9.17, 15) is 8.42 Å². The number of aromatic nitrogens is 1. The lowest BCUT2D eigenvalue weighted by molar-refractivity contribution is 0.454. The van der Waals surface area contributed by atoms with Gasteiger partial charge in [0.15, 0.2) is 0 Å². The Morgan fingerprint density at radius 1 is 1.41 bits per heavy atom. The molecule has 2 N–H and O–H groups in total. The lowest BCUT2D eigenvalue weighted by Gasteiger charge is -2.16. The van der Waals surface area contributed by atoms with Gasteiger partial charge in [-0.15, -0.1) is 0 Å². The maximum Gasteiger partial charge on any atom is 0.243 e. The average Bonchev–Trinajstić information content (AvgIpc) is 2.29. The third-order valence-corrected chi connectivity index (χ3v) is 4.39. The highest BCUT2D eigenvalue weighted by atomic mass is 32.2. The first-order valence-electron chi connectivity index (χ1n) is 5.66. The molecule has 0 aromatic carbocycles. The van der Waals surface area contributed by atoms with Crippen molar-refractivity contribution >= 4 is 15.8 Å². The molecule has 17 heavy (non-hydrogen) atoms. The number of nitrogens with zero attached hydrogens (tertiary/aromatic N) is 2. The molecule has 0 saturated heterocycles. The normalized spacial score (nSPS) is 11.9. The Morgan fingerprint density at radius 2 is 2.12 bits per heavy atom. The van der Waals surface area contributed by atoms with Crippen molar-refractivity contribution in [1.29, 1.82) is 0 Å². The molecule has 1 rings (SSSR count). The second-order valence-corrected chi connectivity index (χ2v) is 5.99. The fourth-order valence-corrected chi connectivity index (χ4v) is 2.70. The third-order valence-electron chi connectivity index (χ3n) is 2.54. The van der Waals surface area contributed by atoms with E-state index in [1.54, 1.807) is 7.05 Å². The number of sulfonamides is 1. The highest BCUT2D eigenvalue weighted by Crippen LogP contribution is 2.15. The van der Waals surface area contributed by atoms with Crippen LogP contribution in [0.15, 0.2) is 23.2 Å². The SMILES string of the molecule is CCCCCN(C)S(=O)(=O)c1ccnc(N)c1. The zero-order valence-electron chi connectivity index (χ0n) is 10.3. The summed E-state index contributed by atoms with van der Waals surface area (Å²) in [7, 11) is -1.84. The Bertz CT molecular complexity index is 460. The molecule has 96 valence electrons. The minimum absolute atomic E-state index is 0.198. The molecule has 0 bridgehead atoms. The van der Waals surface area contributed by atoms with Gasteiger partial charge in [0.25, 0.3) is 0 Å². The van der Waals surface area contributed by atoms with E-state index in [0.29, 0.717) is 6.54 Å². The minimum atomic E-state index is -3.43. The van der Waals surface area contributed by atoms with Crippen molar-refractivity contribution in [3.63, 3.8) is 0 Å². The van der Waals surface area contributed by atoms with Gasteiger partial charge >= 0.3 is 0 Å². The number of rotatable bonds is 6. The zero-order chi connectivity index (χ0) is 12.9. The molecule has 6 heteroatoms. The maximum atomic E-state index is 12.1. The van der Waals surface area contributed by atoms with Crippen LogP contribution in [0, 0.1) is 0 Å². The van der Waals surface area contributed by atoms with Crippen LogP contribution in [0.2, 0.25) is 0 Å². The largest absolute Gasteiger partial charge is 0.384 e. The number of hydrogen-bond acceptors (Lipinski definition) is 4. The number of nitrogens with two attached hydrogens (primary N) is 1. The molecule has 0 aliphatic carbocycles. The van der Waals surface area contributed by atoms with E-state index < -0.39 is 10.0 Å². The zero-order valence-corrected chi connectivity index (χ0v) is 11.1. The van der Waals surface area contributed by atoms with Gasteiger partial charge in [-0.25, -0.2) is 17.7 Å². The number of anilines is 1. The summed E-state index contributed by atoms with van der Waals surface area (Å²) in [5.41, 5.74) is 5.48. The van der Waals surface area contributed by atoms with Crippen molar-refractivity contribution in [2.75, 3.05) is 19.3 Å². The van der Waals surface area contributed by atoms with Crippen molar-refractivity contribution in [1.82, 2.24) is 9.29 Å². The maximum absolute atomic E-state index is 12.1. The Hall–Kier alpha value is -1.14. The molecule has 0 atom stereocenters. The molecular weight excluding hydrogens is 238 g/mol. The molecule has 1 aromatic heterocycles. The summed E-state index contributed by atoms with van der Waals surface area (Å²) in [6.45, 7) is 2.61. The Kier molecular flexibility index (Phi) is 4.89. The van der Waals surface area contributed by atoms with E-state index in [4.69, 9.17) is 5.73 Å². The number of nitrogen functional groups attached to an aromatic ring is 1. The van der Waals surface area contributed by atoms with Gasteiger partial charge in [0.1, 0.15) is 5.82 Å². The third kappa shape index (κ3) is 3.67. The van der Waals surface area contributed by atoms with E-state index in [0.717, 1.165) is 19.3 Å². The van der Waals surface area contributed by atoms with E-state index in [2.05, 4.69) is 11.9 Å². The second-order valence-electron chi connectivity index (χ2n) is 3.95. The summed E-state index contributed by atoms with van der Waals surface area (Å²) in [5.74, 6) is 0.216. The highest BCUT2D eigenvalue weighted by molar-refractivity contribution is 7.89. The summed E-state index contributed by atoms with van der Waals surface area (Å²) in [5, 5.41) is 0. The van der Waals surface area contributed by atoms with Crippen molar-refractivity contribution < 1.29 is 8.42 Å². The summed E-state index contributed by atoms with van der Waals surface area (Å²) in [4.78, 5) is 3.98. The van der Waals surface area contributed by atoms with Crippen LogP contribution in [0.5, 0.6) is 0 Å². The first-order chi connectivity index (χ1) is 7.98. The Labute approximate surface area is 103 Å². The van der Waals surface area contributed by atoms with Gasteiger partial charge < -0.3 is 5.73 Å². The van der Waals surface area contributed by atoms with Gasteiger partial charge in [0, 0.05) is 25.9 Å². The van der Waals surface area contributed by atoms with Crippen molar-refractivity contribution in [2.24, 2.45) is 0 Å². The molecule has 0 aliphatic heterocycles. The van der Waals surface area contributed by atoms with Crippen LogP contribution in [-0.4, -0.2) is 31.3 Å². The molecular formula is C11H19N3O2S. The van der Waals surface area contributed by atoms with Gasteiger partial charge in [-0.05, 0) is 12.5 Å². The molecule has 0 aliphatic rings. The fourth-order valence-electron chi connectivity index (χ4n) is 1.47. The quantitative estimate of drug-likeness (QED) is 0.783. The smallest absolute Gasteiger partial charge is 0.243 e. The van der Waals surface area contributed by atoms with Gasteiger partial charge in [-0.3, -0.25) is 0 Å². The van der Waals surface area contributed by atoms with Crippen LogP contribution in [0.25, 0.3) is 0 Å². The van der Waals surface area contributed by atoms with Gasteiger partial charge in [-0.2, -0.15) is 0 Å². The van der Waals surface area contributed by atoms with Crippen LogP contribution in [0.4, 0.5) is 5.82 Å². The number of unbranched alkanes of at least 4 members (excludes halogenated alkanes) is 2. The first kappa shape index (κ1) is 13.9. The molecule has 0 amide bonds. The predicted molar refractivity (Wildman–Crippen MR) is 68.0 cm³/mol. The van der Waals surface area contributed by atoms with Crippen LogP contribution in [0.1, 0.15) is 26.2 Å². The number of hydrogen-bond donors (Lipinski definition) is 1. The molecule has 0 radical (unpaired) electrons.